The van der Waals surface area contributed by atoms with Gasteiger partial charge in [0.1, 0.15) is 17.1 Å². The fourth-order valence-electron chi connectivity index (χ4n) is 3.21. The summed E-state index contributed by atoms with van der Waals surface area (Å²) in [4.78, 5) is 25.3. The molecule has 0 aliphatic carbocycles. The Balaban J connectivity index is 1.52. The number of rotatable bonds is 3. The van der Waals surface area contributed by atoms with E-state index in [0.29, 0.717) is 23.6 Å². The summed E-state index contributed by atoms with van der Waals surface area (Å²) in [5, 5.41) is 0.760. The SMILES string of the molecule is O=C(COc1ccc2ccc(=O)oc2c1)N1CCCc2cccc(F)c21. The number of nitrogens with zero attached hydrogens (tertiary/aromatic N) is 1. The molecule has 0 saturated carbocycles. The van der Waals surface area contributed by atoms with Crippen molar-refractivity contribution in [2.75, 3.05) is 18.1 Å². The molecule has 3 aromatic rings. The molecule has 2 heterocycles. The minimum atomic E-state index is -0.453. The van der Waals surface area contributed by atoms with Crippen LogP contribution in [-0.2, 0) is 11.2 Å². The van der Waals surface area contributed by atoms with Crippen molar-refractivity contribution in [2.45, 2.75) is 12.8 Å². The van der Waals surface area contributed by atoms with E-state index in [1.807, 2.05) is 6.07 Å². The lowest BCUT2D eigenvalue weighted by atomic mass is 10.0. The third-order valence-electron chi connectivity index (χ3n) is 4.43. The van der Waals surface area contributed by atoms with Crippen LogP contribution in [0, 0.1) is 5.82 Å². The van der Waals surface area contributed by atoms with Gasteiger partial charge < -0.3 is 14.1 Å². The van der Waals surface area contributed by atoms with E-state index in [1.165, 1.54) is 17.0 Å². The molecule has 0 atom stereocenters. The van der Waals surface area contributed by atoms with Crippen LogP contribution in [0.15, 0.2) is 57.7 Å². The Labute approximate surface area is 148 Å². The zero-order valence-corrected chi connectivity index (χ0v) is 13.9. The quantitative estimate of drug-likeness (QED) is 0.678. The summed E-state index contributed by atoms with van der Waals surface area (Å²) in [6.07, 6.45) is 1.53. The van der Waals surface area contributed by atoms with E-state index >= 15 is 0 Å². The van der Waals surface area contributed by atoms with Gasteiger partial charge in [0.15, 0.2) is 6.61 Å². The Morgan fingerprint density at radius 1 is 1.19 bits per heavy atom. The number of carbonyl (C=O) groups excluding carboxylic acids is 1. The molecule has 0 N–H and O–H groups in total. The van der Waals surface area contributed by atoms with Gasteiger partial charge in [-0.1, -0.05) is 12.1 Å². The van der Waals surface area contributed by atoms with E-state index in [0.717, 1.165) is 23.8 Å². The largest absolute Gasteiger partial charge is 0.484 e. The number of benzene rings is 2. The summed E-state index contributed by atoms with van der Waals surface area (Å²) in [6.45, 7) is 0.235. The summed E-state index contributed by atoms with van der Waals surface area (Å²) >= 11 is 0. The van der Waals surface area contributed by atoms with Crippen LogP contribution in [0.25, 0.3) is 11.0 Å². The van der Waals surface area contributed by atoms with Crippen LogP contribution in [0.3, 0.4) is 0 Å². The van der Waals surface area contributed by atoms with Crippen LogP contribution >= 0.6 is 0 Å². The molecular weight excluding hydrogens is 337 g/mol. The molecule has 0 radical (unpaired) electrons. The van der Waals surface area contributed by atoms with E-state index in [-0.39, 0.29) is 12.5 Å². The molecule has 6 heteroatoms. The minimum absolute atomic E-state index is 0.226. The predicted octanol–water partition coefficient (Wildman–Crippen LogP) is 3.29. The molecule has 0 saturated heterocycles. The summed E-state index contributed by atoms with van der Waals surface area (Å²) < 4.78 is 24.8. The maximum atomic E-state index is 14.2. The van der Waals surface area contributed by atoms with Gasteiger partial charge in [0.25, 0.3) is 5.91 Å². The Hall–Kier alpha value is -3.15. The zero-order valence-electron chi connectivity index (χ0n) is 13.9. The molecule has 4 rings (SSSR count). The molecule has 1 amide bonds. The van der Waals surface area contributed by atoms with Crippen LogP contribution in [0.4, 0.5) is 10.1 Å². The van der Waals surface area contributed by atoms with Crippen LogP contribution in [0.1, 0.15) is 12.0 Å². The monoisotopic (exact) mass is 353 g/mol. The molecule has 5 nitrogen and oxygen atoms in total. The highest BCUT2D eigenvalue weighted by Crippen LogP contribution is 2.30. The molecule has 26 heavy (non-hydrogen) atoms. The average Bonchev–Trinajstić information content (AvgIpc) is 2.65. The van der Waals surface area contributed by atoms with E-state index in [4.69, 9.17) is 9.15 Å². The number of anilines is 1. The number of hydrogen-bond donors (Lipinski definition) is 0. The van der Waals surface area contributed by atoms with Gasteiger partial charge in [0.05, 0.1) is 5.69 Å². The van der Waals surface area contributed by atoms with E-state index in [9.17, 15) is 14.0 Å². The molecule has 1 aliphatic heterocycles. The van der Waals surface area contributed by atoms with Crippen molar-refractivity contribution in [3.63, 3.8) is 0 Å². The smallest absolute Gasteiger partial charge is 0.336 e. The first kappa shape index (κ1) is 16.3. The second-order valence-electron chi connectivity index (χ2n) is 6.14. The lowest BCUT2D eigenvalue weighted by molar-refractivity contribution is -0.120. The minimum Gasteiger partial charge on any atom is -0.484 e. The Bertz CT molecular complexity index is 1040. The average molecular weight is 353 g/mol. The first-order valence-electron chi connectivity index (χ1n) is 8.36. The molecule has 2 aromatic carbocycles. The maximum absolute atomic E-state index is 14.2. The number of ether oxygens (including phenoxy) is 1. The Kier molecular flexibility index (Phi) is 4.16. The first-order valence-corrected chi connectivity index (χ1v) is 8.36. The van der Waals surface area contributed by atoms with Gasteiger partial charge in [0, 0.05) is 24.1 Å². The van der Waals surface area contributed by atoms with Gasteiger partial charge in [-0.2, -0.15) is 0 Å². The van der Waals surface area contributed by atoms with Gasteiger partial charge in [-0.05, 0) is 42.7 Å². The number of aryl methyl sites for hydroxylation is 1. The molecule has 132 valence electrons. The van der Waals surface area contributed by atoms with Gasteiger partial charge in [-0.25, -0.2) is 9.18 Å². The van der Waals surface area contributed by atoms with Gasteiger partial charge in [-0.3, -0.25) is 4.79 Å². The fourth-order valence-corrected chi connectivity index (χ4v) is 3.21. The standard InChI is InChI=1S/C20H16FNO4/c21-16-5-1-3-14-4-2-10-22(20(14)16)18(23)12-25-15-8-6-13-7-9-19(24)26-17(13)11-15/h1,3,5-9,11H,2,4,10,12H2. The number of para-hydroxylation sites is 1. The number of amides is 1. The number of fused-ring (bicyclic) bond motifs is 2. The van der Waals surface area contributed by atoms with Crippen LogP contribution < -0.4 is 15.3 Å². The second-order valence-corrected chi connectivity index (χ2v) is 6.14. The Morgan fingerprint density at radius 2 is 2.04 bits per heavy atom. The van der Waals surface area contributed by atoms with Gasteiger partial charge >= 0.3 is 5.63 Å². The third kappa shape index (κ3) is 3.06. The van der Waals surface area contributed by atoms with Crippen molar-refractivity contribution in [1.29, 1.82) is 0 Å². The summed E-state index contributed by atoms with van der Waals surface area (Å²) in [5.41, 5.74) is 1.11. The van der Waals surface area contributed by atoms with E-state index < -0.39 is 11.4 Å². The molecule has 0 fully saturated rings. The van der Waals surface area contributed by atoms with Crippen LogP contribution in [0.2, 0.25) is 0 Å². The van der Waals surface area contributed by atoms with Crippen molar-refractivity contribution in [3.05, 3.63) is 70.3 Å². The summed E-state index contributed by atoms with van der Waals surface area (Å²) in [5.74, 6) is -0.306. The highest BCUT2D eigenvalue weighted by molar-refractivity contribution is 5.95. The highest BCUT2D eigenvalue weighted by atomic mass is 19.1. The van der Waals surface area contributed by atoms with E-state index in [1.54, 1.807) is 30.3 Å². The van der Waals surface area contributed by atoms with Gasteiger partial charge in [0.2, 0.25) is 0 Å². The normalized spacial score (nSPS) is 13.5. The van der Waals surface area contributed by atoms with Crippen LogP contribution in [-0.4, -0.2) is 19.1 Å². The molecule has 0 bridgehead atoms. The van der Waals surface area contributed by atoms with Gasteiger partial charge in [-0.15, -0.1) is 0 Å². The zero-order chi connectivity index (χ0) is 18.1. The summed E-state index contributed by atoms with van der Waals surface area (Å²) in [7, 11) is 0. The highest BCUT2D eigenvalue weighted by Gasteiger charge is 2.25. The lowest BCUT2D eigenvalue weighted by Gasteiger charge is -2.29. The summed E-state index contributed by atoms with van der Waals surface area (Å²) in [6, 6.07) is 12.9. The predicted molar refractivity (Wildman–Crippen MR) is 95.1 cm³/mol. The topological polar surface area (TPSA) is 59.8 Å². The second kappa shape index (κ2) is 6.63. The van der Waals surface area contributed by atoms with E-state index in [2.05, 4.69) is 0 Å². The van der Waals surface area contributed by atoms with Crippen molar-refractivity contribution in [1.82, 2.24) is 0 Å². The van der Waals surface area contributed by atoms with Crippen molar-refractivity contribution < 1.29 is 18.3 Å². The molecular formula is C20H16FNO4. The molecule has 1 aliphatic rings. The lowest BCUT2D eigenvalue weighted by Crippen LogP contribution is -2.39. The van der Waals surface area contributed by atoms with Crippen molar-refractivity contribution in [2.24, 2.45) is 0 Å². The maximum Gasteiger partial charge on any atom is 0.336 e. The Morgan fingerprint density at radius 3 is 2.92 bits per heavy atom. The number of halogens is 1. The molecule has 1 aromatic heterocycles. The molecule has 0 spiro atoms. The van der Waals surface area contributed by atoms with Crippen LogP contribution in [0.5, 0.6) is 5.75 Å². The third-order valence-corrected chi connectivity index (χ3v) is 4.43. The number of hydrogen-bond acceptors (Lipinski definition) is 4. The fraction of sp³-hybridized carbons (Fsp3) is 0.200. The number of carbonyl (C=O) groups is 1. The molecule has 0 unspecified atom stereocenters. The first-order chi connectivity index (χ1) is 12.6. The van der Waals surface area contributed by atoms with Crippen molar-refractivity contribution >= 4 is 22.6 Å². The van der Waals surface area contributed by atoms with Crippen molar-refractivity contribution in [3.8, 4) is 5.75 Å².